The molecule has 0 aromatic heterocycles. The van der Waals surface area contributed by atoms with Gasteiger partial charge in [0.25, 0.3) is 5.91 Å². The van der Waals surface area contributed by atoms with Crippen LogP contribution in [0, 0.1) is 0 Å². The second-order valence-electron chi connectivity index (χ2n) is 5.32. The predicted octanol–water partition coefficient (Wildman–Crippen LogP) is 2.36. The molecule has 2 aromatic rings. The largest absolute Gasteiger partial charge is 0.330 e. The quantitative estimate of drug-likeness (QED) is 0.918. The van der Waals surface area contributed by atoms with Crippen LogP contribution in [0.3, 0.4) is 0 Å². The zero-order valence-corrected chi connectivity index (χ0v) is 11.7. The predicted molar refractivity (Wildman–Crippen MR) is 79.4 cm³/mol. The van der Waals surface area contributed by atoms with Crippen LogP contribution >= 0.6 is 0 Å². The lowest BCUT2D eigenvalue weighted by Gasteiger charge is -2.36. The third-order valence-electron chi connectivity index (χ3n) is 3.97. The van der Waals surface area contributed by atoms with Gasteiger partial charge < -0.3 is 10.6 Å². The van der Waals surface area contributed by atoms with Crippen LogP contribution in [-0.4, -0.2) is 23.4 Å². The van der Waals surface area contributed by atoms with Crippen LogP contribution in [0.1, 0.15) is 21.5 Å². The molecule has 4 heteroatoms. The third kappa shape index (κ3) is 2.62. The summed E-state index contributed by atoms with van der Waals surface area (Å²) in [6, 6.07) is 14.2. The molecule has 0 spiro atoms. The van der Waals surface area contributed by atoms with E-state index in [0.29, 0.717) is 18.7 Å². The minimum Gasteiger partial charge on any atom is -0.330 e. The van der Waals surface area contributed by atoms with Crippen molar-refractivity contribution in [2.45, 2.75) is 19.0 Å². The minimum atomic E-state index is -0.150. The molecule has 0 aliphatic carbocycles. The second-order valence-corrected chi connectivity index (χ2v) is 5.32. The van der Waals surface area contributed by atoms with E-state index in [1.165, 1.54) is 17.7 Å². The molecule has 0 unspecified atom stereocenters. The van der Waals surface area contributed by atoms with E-state index in [1.54, 1.807) is 17.0 Å². The molecule has 3 rings (SSSR count). The van der Waals surface area contributed by atoms with Crippen molar-refractivity contribution in [2.24, 2.45) is 5.73 Å². The summed E-state index contributed by atoms with van der Waals surface area (Å²) in [5.74, 6) is -0.278. The van der Waals surface area contributed by atoms with Gasteiger partial charge in [0.1, 0.15) is 0 Å². The van der Waals surface area contributed by atoms with Gasteiger partial charge in [-0.2, -0.15) is 0 Å². The minimum absolute atomic E-state index is 0.0253. The Kier molecular flexibility index (Phi) is 3.62. The summed E-state index contributed by atoms with van der Waals surface area (Å²) in [7, 11) is 0. The molecule has 1 aliphatic rings. The van der Waals surface area contributed by atoms with Gasteiger partial charge >= 0.3 is 0 Å². The summed E-state index contributed by atoms with van der Waals surface area (Å²) in [5.41, 5.74) is 8.66. The van der Waals surface area contributed by atoms with Crippen molar-refractivity contribution in [1.29, 1.82) is 0 Å². The topological polar surface area (TPSA) is 66.2 Å². The van der Waals surface area contributed by atoms with Crippen LogP contribution in [0.2, 0.25) is 0 Å². The molecule has 1 radical (unpaired) electrons. The fourth-order valence-corrected chi connectivity index (χ4v) is 2.83. The molecule has 21 heavy (non-hydrogen) atoms. The van der Waals surface area contributed by atoms with Crippen molar-refractivity contribution >= 4 is 5.91 Å². The molecule has 0 saturated heterocycles. The molecule has 2 aromatic carbocycles. The molecule has 107 valence electrons. The highest BCUT2D eigenvalue weighted by Crippen LogP contribution is 2.25. The SMILES string of the molecule is NC[C@@H]1Cc2ccccc2CN1C(=O)c1cccc([O])c1. The number of fused-ring (bicyclic) bond motifs is 1. The van der Waals surface area contributed by atoms with Gasteiger partial charge in [0.2, 0.25) is 0 Å². The van der Waals surface area contributed by atoms with Crippen molar-refractivity contribution in [2.75, 3.05) is 6.54 Å². The van der Waals surface area contributed by atoms with E-state index in [4.69, 9.17) is 5.73 Å². The number of nitrogens with two attached hydrogens (primary N) is 1. The van der Waals surface area contributed by atoms with E-state index in [0.717, 1.165) is 12.0 Å². The van der Waals surface area contributed by atoms with Crippen LogP contribution in [-0.2, 0) is 18.1 Å². The molecule has 1 amide bonds. The van der Waals surface area contributed by atoms with E-state index in [1.807, 2.05) is 18.2 Å². The van der Waals surface area contributed by atoms with Crippen molar-refractivity contribution in [1.82, 2.24) is 4.90 Å². The van der Waals surface area contributed by atoms with E-state index >= 15 is 0 Å². The van der Waals surface area contributed by atoms with Gasteiger partial charge in [-0.05, 0) is 35.7 Å². The number of amides is 1. The number of carbonyl (C=O) groups excluding carboxylic acids is 1. The maximum absolute atomic E-state index is 12.7. The highest BCUT2D eigenvalue weighted by molar-refractivity contribution is 5.95. The summed E-state index contributed by atoms with van der Waals surface area (Å²) in [6.07, 6.45) is 0.759. The number of carbonyl (C=O) groups is 1. The number of hydrogen-bond donors (Lipinski definition) is 1. The Bertz CT molecular complexity index is 669. The fourth-order valence-electron chi connectivity index (χ4n) is 2.83. The van der Waals surface area contributed by atoms with E-state index in [2.05, 4.69) is 6.07 Å². The van der Waals surface area contributed by atoms with Crippen molar-refractivity contribution in [3.63, 3.8) is 0 Å². The third-order valence-corrected chi connectivity index (χ3v) is 3.97. The number of hydrogen-bond acceptors (Lipinski definition) is 2. The van der Waals surface area contributed by atoms with Gasteiger partial charge in [0, 0.05) is 24.7 Å². The summed E-state index contributed by atoms with van der Waals surface area (Å²) >= 11 is 0. The standard InChI is InChI=1S/C17H17N2O2/c18-10-15-8-12-4-1-2-5-14(12)11-19(15)17(21)13-6-3-7-16(20)9-13/h1-7,9,15H,8,10-11,18H2/t15-/m0/s1. The maximum atomic E-state index is 12.7. The first-order valence-corrected chi connectivity index (χ1v) is 7.04. The lowest BCUT2D eigenvalue weighted by Crippen LogP contribution is -2.48. The Balaban J connectivity index is 1.92. The van der Waals surface area contributed by atoms with Gasteiger partial charge in [-0.25, -0.2) is 0 Å². The van der Waals surface area contributed by atoms with E-state index < -0.39 is 0 Å². The zero-order chi connectivity index (χ0) is 14.8. The lowest BCUT2D eigenvalue weighted by molar-refractivity contribution is 0.0647. The molecular weight excluding hydrogens is 264 g/mol. The Hall–Kier alpha value is -2.33. The highest BCUT2D eigenvalue weighted by Gasteiger charge is 2.29. The summed E-state index contributed by atoms with van der Waals surface area (Å²) < 4.78 is 0. The van der Waals surface area contributed by atoms with Crippen LogP contribution in [0.15, 0.2) is 48.5 Å². The lowest BCUT2D eigenvalue weighted by atomic mass is 9.93. The Morgan fingerprint density at radius 3 is 2.62 bits per heavy atom. The smallest absolute Gasteiger partial charge is 0.254 e. The van der Waals surface area contributed by atoms with Gasteiger partial charge in [-0.15, -0.1) is 0 Å². The van der Waals surface area contributed by atoms with Crippen molar-refractivity contribution in [3.05, 3.63) is 65.2 Å². The number of nitrogens with zero attached hydrogens (tertiary/aromatic N) is 1. The first-order valence-electron chi connectivity index (χ1n) is 7.04. The average molecular weight is 281 g/mol. The maximum Gasteiger partial charge on any atom is 0.254 e. The molecule has 0 saturated carbocycles. The monoisotopic (exact) mass is 281 g/mol. The first-order chi connectivity index (χ1) is 10.2. The molecule has 4 nitrogen and oxygen atoms in total. The fraction of sp³-hybridized carbons (Fsp3) is 0.235. The number of benzene rings is 2. The van der Waals surface area contributed by atoms with E-state index in [-0.39, 0.29) is 17.7 Å². The number of rotatable bonds is 2. The molecule has 0 bridgehead atoms. The second kappa shape index (κ2) is 5.58. The van der Waals surface area contributed by atoms with Crippen LogP contribution in [0.5, 0.6) is 5.75 Å². The molecular formula is C17H17N2O2. The average Bonchev–Trinajstić information content (AvgIpc) is 2.53. The van der Waals surface area contributed by atoms with Gasteiger partial charge in [0.15, 0.2) is 5.75 Å². The molecule has 1 aliphatic heterocycles. The van der Waals surface area contributed by atoms with Gasteiger partial charge in [0.05, 0.1) is 0 Å². The Labute approximate surface area is 123 Å². The first kappa shape index (κ1) is 13.6. The van der Waals surface area contributed by atoms with Crippen molar-refractivity contribution < 1.29 is 9.90 Å². The highest BCUT2D eigenvalue weighted by atomic mass is 16.3. The summed E-state index contributed by atoms with van der Waals surface area (Å²) in [5, 5.41) is 11.4. The molecule has 2 N–H and O–H groups in total. The molecule has 0 fully saturated rings. The van der Waals surface area contributed by atoms with Gasteiger partial charge in [-0.1, -0.05) is 30.3 Å². The van der Waals surface area contributed by atoms with Crippen LogP contribution < -0.4 is 5.73 Å². The van der Waals surface area contributed by atoms with E-state index in [9.17, 15) is 9.90 Å². The normalized spacial score (nSPS) is 17.4. The van der Waals surface area contributed by atoms with Gasteiger partial charge in [-0.3, -0.25) is 9.90 Å². The summed E-state index contributed by atoms with van der Waals surface area (Å²) in [4.78, 5) is 14.4. The van der Waals surface area contributed by atoms with Crippen LogP contribution in [0.4, 0.5) is 0 Å². The molecule has 1 heterocycles. The molecule has 1 atom stereocenters. The Morgan fingerprint density at radius 1 is 1.14 bits per heavy atom. The summed E-state index contributed by atoms with van der Waals surface area (Å²) in [6.45, 7) is 0.955. The zero-order valence-electron chi connectivity index (χ0n) is 11.7. The Morgan fingerprint density at radius 2 is 1.90 bits per heavy atom. The van der Waals surface area contributed by atoms with Crippen molar-refractivity contribution in [3.8, 4) is 5.75 Å². The van der Waals surface area contributed by atoms with Crippen LogP contribution in [0.25, 0.3) is 0 Å².